The van der Waals surface area contributed by atoms with Crippen LogP contribution in [0.15, 0.2) is 64.0 Å². The summed E-state index contributed by atoms with van der Waals surface area (Å²) in [5, 5.41) is 11.0. The first-order valence-electron chi connectivity index (χ1n) is 8.41. The summed E-state index contributed by atoms with van der Waals surface area (Å²) in [6.07, 6.45) is 6.15. The minimum absolute atomic E-state index is 0.0714. The van der Waals surface area contributed by atoms with Gasteiger partial charge in [0.05, 0.1) is 31.4 Å². The molecule has 0 saturated carbocycles. The van der Waals surface area contributed by atoms with Gasteiger partial charge in [-0.15, -0.1) is 0 Å². The van der Waals surface area contributed by atoms with E-state index in [9.17, 15) is 5.11 Å². The van der Waals surface area contributed by atoms with Crippen LogP contribution >= 0.6 is 0 Å². The Kier molecular flexibility index (Phi) is 3.21. The largest absolute Gasteiger partial charge is 0.508 e. The van der Waals surface area contributed by atoms with Crippen molar-refractivity contribution in [2.75, 3.05) is 6.54 Å². The van der Waals surface area contributed by atoms with Gasteiger partial charge in [-0.3, -0.25) is 4.90 Å². The van der Waals surface area contributed by atoms with E-state index < -0.39 is 0 Å². The maximum absolute atomic E-state index is 9.87. The van der Waals surface area contributed by atoms with Gasteiger partial charge in [0.25, 0.3) is 0 Å². The fraction of sp³-hybridized carbons (Fsp3) is 0.200. The minimum atomic E-state index is 0.0714. The SMILES string of the molecule is Oc1ccc2[nH]c3c(c2c1)CCN(Cc1ccco1)C3c1ccoc1. The van der Waals surface area contributed by atoms with E-state index in [1.807, 2.05) is 30.3 Å². The van der Waals surface area contributed by atoms with Crippen molar-refractivity contribution in [2.45, 2.75) is 19.0 Å². The lowest BCUT2D eigenvalue weighted by Gasteiger charge is -2.34. The molecule has 1 aromatic carbocycles. The molecule has 1 unspecified atom stereocenters. The second-order valence-electron chi connectivity index (χ2n) is 6.51. The highest BCUT2D eigenvalue weighted by molar-refractivity contribution is 5.86. The molecule has 5 nitrogen and oxygen atoms in total. The van der Waals surface area contributed by atoms with Crippen molar-refractivity contribution >= 4 is 10.9 Å². The van der Waals surface area contributed by atoms with Gasteiger partial charge in [-0.2, -0.15) is 0 Å². The molecule has 0 spiro atoms. The predicted molar refractivity (Wildman–Crippen MR) is 93.3 cm³/mol. The molecule has 1 atom stereocenters. The van der Waals surface area contributed by atoms with E-state index in [2.05, 4.69) is 9.88 Å². The normalized spacial score (nSPS) is 17.8. The van der Waals surface area contributed by atoms with Crippen molar-refractivity contribution in [1.82, 2.24) is 9.88 Å². The Morgan fingerprint density at radius 3 is 2.96 bits per heavy atom. The molecule has 0 bridgehead atoms. The van der Waals surface area contributed by atoms with E-state index >= 15 is 0 Å². The molecule has 0 radical (unpaired) electrons. The van der Waals surface area contributed by atoms with Gasteiger partial charge in [0.2, 0.25) is 0 Å². The van der Waals surface area contributed by atoms with Crippen LogP contribution in [0.1, 0.15) is 28.6 Å². The first-order chi connectivity index (χ1) is 12.3. The zero-order valence-corrected chi connectivity index (χ0v) is 13.6. The number of aromatic nitrogens is 1. The standard InChI is InChI=1S/C20H18N2O3/c23-14-3-4-18-17(10-14)16-5-7-22(11-15-2-1-8-25-15)20(19(16)21-18)13-6-9-24-12-13/h1-4,6,8-10,12,20-21,23H,5,7,11H2. The van der Waals surface area contributed by atoms with Crippen molar-refractivity contribution in [1.29, 1.82) is 0 Å². The summed E-state index contributed by atoms with van der Waals surface area (Å²) in [5.41, 5.74) is 4.60. The van der Waals surface area contributed by atoms with Crippen LogP contribution in [-0.4, -0.2) is 21.5 Å². The Balaban J connectivity index is 1.64. The topological polar surface area (TPSA) is 65.5 Å². The minimum Gasteiger partial charge on any atom is -0.508 e. The Labute approximate surface area is 144 Å². The number of nitrogens with zero attached hydrogens (tertiary/aromatic N) is 1. The molecule has 25 heavy (non-hydrogen) atoms. The summed E-state index contributed by atoms with van der Waals surface area (Å²) in [5.74, 6) is 1.25. The van der Waals surface area contributed by atoms with Crippen molar-refractivity contribution in [2.24, 2.45) is 0 Å². The van der Waals surface area contributed by atoms with Crippen LogP contribution in [0, 0.1) is 0 Å². The second-order valence-corrected chi connectivity index (χ2v) is 6.51. The van der Waals surface area contributed by atoms with Crippen molar-refractivity contribution in [3.8, 4) is 5.75 Å². The molecule has 5 rings (SSSR count). The zero-order chi connectivity index (χ0) is 16.8. The molecule has 0 aliphatic carbocycles. The summed E-state index contributed by atoms with van der Waals surface area (Å²) in [6.45, 7) is 1.65. The van der Waals surface area contributed by atoms with Gasteiger partial charge in [0, 0.05) is 28.7 Å². The highest BCUT2D eigenvalue weighted by atomic mass is 16.3. The van der Waals surface area contributed by atoms with Gasteiger partial charge in [-0.1, -0.05) is 0 Å². The molecule has 126 valence electrons. The molecular formula is C20H18N2O3. The quantitative estimate of drug-likeness (QED) is 0.589. The first-order valence-corrected chi connectivity index (χ1v) is 8.41. The van der Waals surface area contributed by atoms with Crippen LogP contribution in [0.3, 0.4) is 0 Å². The number of hydrogen-bond acceptors (Lipinski definition) is 4. The number of aromatic amines is 1. The fourth-order valence-corrected chi connectivity index (χ4v) is 3.91. The number of benzene rings is 1. The van der Waals surface area contributed by atoms with Gasteiger partial charge in [0.1, 0.15) is 11.5 Å². The molecule has 2 N–H and O–H groups in total. The Morgan fingerprint density at radius 1 is 1.20 bits per heavy atom. The summed E-state index contributed by atoms with van der Waals surface area (Å²) >= 11 is 0. The first kappa shape index (κ1) is 14.4. The maximum atomic E-state index is 9.87. The zero-order valence-electron chi connectivity index (χ0n) is 13.6. The van der Waals surface area contributed by atoms with E-state index in [-0.39, 0.29) is 6.04 Å². The van der Waals surface area contributed by atoms with Crippen LogP contribution in [-0.2, 0) is 13.0 Å². The van der Waals surface area contributed by atoms with Gasteiger partial charge in [-0.05, 0) is 48.4 Å². The molecule has 5 heteroatoms. The Morgan fingerprint density at radius 2 is 2.16 bits per heavy atom. The van der Waals surface area contributed by atoms with Crippen LogP contribution in [0.25, 0.3) is 10.9 Å². The van der Waals surface area contributed by atoms with E-state index in [1.54, 1.807) is 24.9 Å². The van der Waals surface area contributed by atoms with Crippen molar-refractivity contribution in [3.63, 3.8) is 0 Å². The molecule has 0 amide bonds. The monoisotopic (exact) mass is 334 g/mol. The van der Waals surface area contributed by atoms with Crippen LogP contribution in [0.4, 0.5) is 0 Å². The number of H-pyrrole nitrogens is 1. The highest BCUT2D eigenvalue weighted by Crippen LogP contribution is 2.39. The summed E-state index contributed by atoms with van der Waals surface area (Å²) in [7, 11) is 0. The number of nitrogens with one attached hydrogen (secondary N) is 1. The van der Waals surface area contributed by atoms with Gasteiger partial charge >= 0.3 is 0 Å². The fourth-order valence-electron chi connectivity index (χ4n) is 3.91. The van der Waals surface area contributed by atoms with E-state index in [0.717, 1.165) is 41.7 Å². The Bertz CT molecular complexity index is 999. The van der Waals surface area contributed by atoms with Crippen molar-refractivity contribution in [3.05, 3.63) is 77.8 Å². The molecule has 3 aromatic heterocycles. The van der Waals surface area contributed by atoms with Gasteiger partial charge in [0.15, 0.2) is 0 Å². The molecule has 0 fully saturated rings. The van der Waals surface area contributed by atoms with E-state index in [4.69, 9.17) is 8.83 Å². The summed E-state index contributed by atoms with van der Waals surface area (Å²) < 4.78 is 10.9. The third kappa shape index (κ3) is 2.36. The smallest absolute Gasteiger partial charge is 0.117 e. The Hall–Kier alpha value is -2.92. The number of aromatic hydroxyl groups is 1. The second kappa shape index (κ2) is 5.57. The highest BCUT2D eigenvalue weighted by Gasteiger charge is 2.32. The molecule has 1 aliphatic rings. The van der Waals surface area contributed by atoms with Crippen molar-refractivity contribution < 1.29 is 13.9 Å². The average molecular weight is 334 g/mol. The van der Waals surface area contributed by atoms with Gasteiger partial charge < -0.3 is 18.9 Å². The summed E-state index contributed by atoms with van der Waals surface area (Å²) in [4.78, 5) is 5.96. The predicted octanol–water partition coefficient (Wildman–Crippen LogP) is 4.21. The number of phenols is 1. The maximum Gasteiger partial charge on any atom is 0.117 e. The third-order valence-electron chi connectivity index (χ3n) is 5.01. The number of furan rings is 2. The molecular weight excluding hydrogens is 316 g/mol. The van der Waals surface area contributed by atoms with E-state index in [1.165, 1.54) is 11.3 Å². The number of phenolic OH excluding ortho intramolecular Hbond substituents is 1. The van der Waals surface area contributed by atoms with Crippen LogP contribution in [0.2, 0.25) is 0 Å². The lowest BCUT2D eigenvalue weighted by molar-refractivity contribution is 0.186. The van der Waals surface area contributed by atoms with Crippen LogP contribution < -0.4 is 0 Å². The molecule has 0 saturated heterocycles. The van der Waals surface area contributed by atoms with E-state index in [0.29, 0.717) is 5.75 Å². The molecule has 4 aromatic rings. The van der Waals surface area contributed by atoms with Gasteiger partial charge in [-0.25, -0.2) is 0 Å². The number of rotatable bonds is 3. The average Bonchev–Trinajstić information content (AvgIpc) is 3.35. The molecule has 4 heterocycles. The lowest BCUT2D eigenvalue weighted by Crippen LogP contribution is -2.35. The van der Waals surface area contributed by atoms with Crippen LogP contribution in [0.5, 0.6) is 5.75 Å². The third-order valence-corrected chi connectivity index (χ3v) is 5.01. The number of hydrogen-bond donors (Lipinski definition) is 2. The molecule has 1 aliphatic heterocycles. The summed E-state index contributed by atoms with van der Waals surface area (Å²) in [6, 6.07) is 11.5. The number of fused-ring (bicyclic) bond motifs is 3. The lowest BCUT2D eigenvalue weighted by atomic mass is 9.93.